The summed E-state index contributed by atoms with van der Waals surface area (Å²) >= 11 is 0. The summed E-state index contributed by atoms with van der Waals surface area (Å²) in [5.41, 5.74) is 0. The van der Waals surface area contributed by atoms with Crippen LogP contribution in [-0.4, -0.2) is 47.2 Å². The fourth-order valence-electron chi connectivity index (χ4n) is 3.96. The van der Waals surface area contributed by atoms with E-state index in [1.54, 1.807) is 0 Å². The second kappa shape index (κ2) is 6.97. The van der Waals surface area contributed by atoms with Crippen LogP contribution in [0.4, 0.5) is 0 Å². The quantitative estimate of drug-likeness (QED) is 0.752. The molecule has 122 valence electrons. The van der Waals surface area contributed by atoms with Crippen molar-refractivity contribution in [3.8, 4) is 6.07 Å². The number of hydrogen-bond acceptors (Lipinski definition) is 4. The second-order valence-electron chi connectivity index (χ2n) is 7.44. The fraction of sp³-hybridized carbons (Fsp3) is 0.882. The molecule has 0 aliphatic heterocycles. The molecule has 0 saturated heterocycles. The molecule has 0 aromatic rings. The Bertz CT molecular complexity index is 438. The van der Waals surface area contributed by atoms with Gasteiger partial charge in [-0.15, -0.1) is 0 Å². The van der Waals surface area contributed by atoms with Crippen LogP contribution in [0.25, 0.3) is 0 Å². The van der Waals surface area contributed by atoms with E-state index in [4.69, 9.17) is 10.4 Å². The van der Waals surface area contributed by atoms with Crippen LogP contribution in [-0.2, 0) is 4.79 Å². The number of carboxylic acid groups (broad SMARTS) is 1. The molecule has 0 bridgehead atoms. The maximum atomic E-state index is 11.0. The minimum Gasteiger partial charge on any atom is -0.480 e. The molecule has 0 radical (unpaired) electrons. The SMILES string of the molecule is N#CC1CCCC(NC2CC(N(CC(=O)O)CC3CC3)C2)C1. The van der Waals surface area contributed by atoms with Gasteiger partial charge in [-0.3, -0.25) is 9.69 Å². The lowest BCUT2D eigenvalue weighted by Crippen LogP contribution is -2.56. The van der Waals surface area contributed by atoms with Crippen LogP contribution in [0, 0.1) is 23.2 Å². The average molecular weight is 305 g/mol. The van der Waals surface area contributed by atoms with Gasteiger partial charge in [0.1, 0.15) is 0 Å². The number of rotatable bonds is 7. The van der Waals surface area contributed by atoms with E-state index in [1.165, 1.54) is 19.3 Å². The first-order valence-electron chi connectivity index (χ1n) is 8.75. The third-order valence-electron chi connectivity index (χ3n) is 5.49. The van der Waals surface area contributed by atoms with Gasteiger partial charge in [0, 0.05) is 30.6 Å². The number of carboxylic acids is 1. The maximum absolute atomic E-state index is 11.0. The molecule has 22 heavy (non-hydrogen) atoms. The molecule has 5 nitrogen and oxygen atoms in total. The normalized spacial score (nSPS) is 34.9. The van der Waals surface area contributed by atoms with Crippen LogP contribution >= 0.6 is 0 Å². The van der Waals surface area contributed by atoms with E-state index in [2.05, 4.69) is 16.3 Å². The molecule has 0 heterocycles. The van der Waals surface area contributed by atoms with Gasteiger partial charge in [-0.1, -0.05) is 6.42 Å². The molecule has 0 spiro atoms. The zero-order chi connectivity index (χ0) is 15.5. The van der Waals surface area contributed by atoms with Crippen molar-refractivity contribution < 1.29 is 9.90 Å². The minimum absolute atomic E-state index is 0.188. The van der Waals surface area contributed by atoms with Crippen molar-refractivity contribution >= 4 is 5.97 Å². The third kappa shape index (κ3) is 4.21. The van der Waals surface area contributed by atoms with Gasteiger partial charge in [0.25, 0.3) is 0 Å². The number of carbonyl (C=O) groups is 1. The predicted octanol–water partition coefficient (Wildman–Crippen LogP) is 1.99. The molecule has 0 amide bonds. The molecule has 2 atom stereocenters. The van der Waals surface area contributed by atoms with Gasteiger partial charge in [0.05, 0.1) is 12.6 Å². The van der Waals surface area contributed by atoms with Gasteiger partial charge in [-0.25, -0.2) is 0 Å². The van der Waals surface area contributed by atoms with E-state index in [-0.39, 0.29) is 12.5 Å². The molecule has 3 fully saturated rings. The Labute approximate surface area is 132 Å². The third-order valence-corrected chi connectivity index (χ3v) is 5.49. The molecule has 5 heteroatoms. The Morgan fingerprint density at radius 1 is 1.18 bits per heavy atom. The van der Waals surface area contributed by atoms with Gasteiger partial charge in [0.15, 0.2) is 0 Å². The summed E-state index contributed by atoms with van der Waals surface area (Å²) in [7, 11) is 0. The molecular formula is C17H27N3O2. The zero-order valence-corrected chi connectivity index (χ0v) is 13.2. The molecule has 3 aliphatic rings. The summed E-state index contributed by atoms with van der Waals surface area (Å²) in [5.74, 6) is 0.253. The topological polar surface area (TPSA) is 76.4 Å². The lowest BCUT2D eigenvalue weighted by Gasteiger charge is -2.45. The monoisotopic (exact) mass is 305 g/mol. The molecule has 2 unspecified atom stereocenters. The highest BCUT2D eigenvalue weighted by Gasteiger charge is 2.38. The summed E-state index contributed by atoms with van der Waals surface area (Å²) < 4.78 is 0. The Morgan fingerprint density at radius 2 is 1.95 bits per heavy atom. The van der Waals surface area contributed by atoms with E-state index in [1.807, 2.05) is 0 Å². The largest absolute Gasteiger partial charge is 0.480 e. The number of nitrogens with zero attached hydrogens (tertiary/aromatic N) is 2. The first kappa shape index (κ1) is 15.8. The van der Waals surface area contributed by atoms with Crippen LogP contribution in [0.2, 0.25) is 0 Å². The smallest absolute Gasteiger partial charge is 0.317 e. The van der Waals surface area contributed by atoms with E-state index >= 15 is 0 Å². The summed E-state index contributed by atoms with van der Waals surface area (Å²) in [6.45, 7) is 1.15. The van der Waals surface area contributed by atoms with Crippen molar-refractivity contribution in [3.63, 3.8) is 0 Å². The Balaban J connectivity index is 1.42. The highest BCUT2D eigenvalue weighted by atomic mass is 16.4. The van der Waals surface area contributed by atoms with Crippen LogP contribution in [0.5, 0.6) is 0 Å². The lowest BCUT2D eigenvalue weighted by molar-refractivity contribution is -0.139. The van der Waals surface area contributed by atoms with E-state index in [0.29, 0.717) is 18.1 Å². The molecule has 0 aromatic carbocycles. The van der Waals surface area contributed by atoms with Gasteiger partial charge >= 0.3 is 5.97 Å². The summed E-state index contributed by atoms with van der Waals surface area (Å²) in [5, 5.41) is 21.8. The first-order valence-corrected chi connectivity index (χ1v) is 8.75. The van der Waals surface area contributed by atoms with Crippen LogP contribution in [0.3, 0.4) is 0 Å². The standard InChI is InChI=1S/C17H27N3O2/c18-9-13-2-1-3-14(6-13)19-15-7-16(8-15)20(11-17(21)22)10-12-4-5-12/h12-16,19H,1-8,10-11H2,(H,21,22). The van der Waals surface area contributed by atoms with Gasteiger partial charge < -0.3 is 10.4 Å². The number of hydrogen-bond donors (Lipinski definition) is 2. The highest BCUT2D eigenvalue weighted by molar-refractivity contribution is 5.69. The molecule has 3 rings (SSSR count). The minimum atomic E-state index is -0.707. The van der Waals surface area contributed by atoms with Gasteiger partial charge in [-0.2, -0.15) is 5.26 Å². The van der Waals surface area contributed by atoms with Gasteiger partial charge in [-0.05, 0) is 50.9 Å². The van der Waals surface area contributed by atoms with Crippen molar-refractivity contribution in [2.24, 2.45) is 11.8 Å². The Kier molecular flexibility index (Phi) is 5.00. The van der Waals surface area contributed by atoms with E-state index < -0.39 is 5.97 Å². The van der Waals surface area contributed by atoms with Crippen molar-refractivity contribution in [1.82, 2.24) is 10.2 Å². The molecular weight excluding hydrogens is 278 g/mol. The highest BCUT2D eigenvalue weighted by Crippen LogP contribution is 2.34. The number of nitriles is 1. The first-order chi connectivity index (χ1) is 10.6. The second-order valence-corrected chi connectivity index (χ2v) is 7.44. The fourth-order valence-corrected chi connectivity index (χ4v) is 3.96. The van der Waals surface area contributed by atoms with Crippen molar-refractivity contribution in [1.29, 1.82) is 5.26 Å². The lowest BCUT2D eigenvalue weighted by atomic mass is 9.81. The van der Waals surface area contributed by atoms with E-state index in [9.17, 15) is 4.79 Å². The van der Waals surface area contributed by atoms with E-state index in [0.717, 1.165) is 44.6 Å². The number of aliphatic carboxylic acids is 1. The van der Waals surface area contributed by atoms with Crippen LogP contribution in [0.1, 0.15) is 51.4 Å². The van der Waals surface area contributed by atoms with Crippen molar-refractivity contribution in [3.05, 3.63) is 0 Å². The Morgan fingerprint density at radius 3 is 2.59 bits per heavy atom. The maximum Gasteiger partial charge on any atom is 0.317 e. The van der Waals surface area contributed by atoms with Crippen molar-refractivity contribution in [2.45, 2.75) is 69.5 Å². The van der Waals surface area contributed by atoms with Gasteiger partial charge in [0.2, 0.25) is 0 Å². The predicted molar refractivity (Wildman–Crippen MR) is 83.2 cm³/mol. The van der Waals surface area contributed by atoms with Crippen LogP contribution < -0.4 is 5.32 Å². The Hall–Kier alpha value is -1.12. The molecule has 0 aromatic heterocycles. The number of nitrogens with one attached hydrogen (secondary N) is 1. The summed E-state index contributed by atoms with van der Waals surface area (Å²) in [6, 6.07) is 3.84. The molecule has 3 saturated carbocycles. The van der Waals surface area contributed by atoms with Crippen molar-refractivity contribution in [2.75, 3.05) is 13.1 Å². The molecule has 2 N–H and O–H groups in total. The molecule has 3 aliphatic carbocycles. The summed E-state index contributed by atoms with van der Waals surface area (Å²) in [6.07, 6.45) is 9.03. The zero-order valence-electron chi connectivity index (χ0n) is 13.2. The average Bonchev–Trinajstić information content (AvgIpc) is 3.25. The summed E-state index contributed by atoms with van der Waals surface area (Å²) in [4.78, 5) is 13.2. The van der Waals surface area contributed by atoms with Crippen LogP contribution in [0.15, 0.2) is 0 Å².